The number of nitrogens with one attached hydrogen (secondary N) is 1. The predicted molar refractivity (Wildman–Crippen MR) is 62.1 cm³/mol. The number of nitrogens with two attached hydrogens (primary N) is 1. The van der Waals surface area contributed by atoms with Crippen molar-refractivity contribution < 1.29 is 4.52 Å². The maximum Gasteiger partial charge on any atom is 0.213 e. The SMILES string of the molecule is Cc1cccc(NCCc2ncon2)c1N. The smallest absolute Gasteiger partial charge is 0.213 e. The molecule has 0 radical (unpaired) electrons. The lowest BCUT2D eigenvalue weighted by molar-refractivity contribution is 0.410. The lowest BCUT2D eigenvalue weighted by atomic mass is 10.1. The third-order valence-electron chi connectivity index (χ3n) is 2.40. The lowest BCUT2D eigenvalue weighted by Crippen LogP contribution is -2.08. The molecule has 2 rings (SSSR count). The molecule has 0 saturated heterocycles. The minimum absolute atomic E-state index is 0.693. The predicted octanol–water partition coefficient (Wildman–Crippen LogP) is 1.61. The van der Waals surface area contributed by atoms with Crippen molar-refractivity contribution in [2.75, 3.05) is 17.6 Å². The summed E-state index contributed by atoms with van der Waals surface area (Å²) in [5.41, 5.74) is 8.74. The van der Waals surface area contributed by atoms with Crippen molar-refractivity contribution >= 4 is 11.4 Å². The molecule has 0 unspecified atom stereocenters. The molecule has 2 aromatic rings. The summed E-state index contributed by atoms with van der Waals surface area (Å²) in [6.07, 6.45) is 2.04. The van der Waals surface area contributed by atoms with Crippen LogP contribution in [0.3, 0.4) is 0 Å². The van der Waals surface area contributed by atoms with Gasteiger partial charge in [0.15, 0.2) is 5.82 Å². The van der Waals surface area contributed by atoms with Gasteiger partial charge in [-0.2, -0.15) is 4.98 Å². The van der Waals surface area contributed by atoms with Crippen molar-refractivity contribution in [1.29, 1.82) is 0 Å². The van der Waals surface area contributed by atoms with Gasteiger partial charge >= 0.3 is 0 Å². The van der Waals surface area contributed by atoms with E-state index < -0.39 is 0 Å². The fraction of sp³-hybridized carbons (Fsp3) is 0.273. The molecule has 84 valence electrons. The van der Waals surface area contributed by atoms with E-state index in [9.17, 15) is 0 Å². The number of hydrogen-bond acceptors (Lipinski definition) is 5. The average Bonchev–Trinajstić information content (AvgIpc) is 2.77. The Hall–Kier alpha value is -2.04. The molecule has 0 bridgehead atoms. The Balaban J connectivity index is 1.92. The zero-order valence-corrected chi connectivity index (χ0v) is 9.10. The summed E-state index contributed by atoms with van der Waals surface area (Å²) >= 11 is 0. The largest absolute Gasteiger partial charge is 0.397 e. The summed E-state index contributed by atoms with van der Waals surface area (Å²) in [4.78, 5) is 3.94. The molecule has 0 atom stereocenters. The summed E-state index contributed by atoms with van der Waals surface area (Å²) in [6, 6.07) is 5.92. The van der Waals surface area contributed by atoms with Crippen LogP contribution in [0.5, 0.6) is 0 Å². The van der Waals surface area contributed by atoms with E-state index in [1.807, 2.05) is 25.1 Å². The molecule has 16 heavy (non-hydrogen) atoms. The monoisotopic (exact) mass is 218 g/mol. The Kier molecular flexibility index (Phi) is 3.05. The summed E-state index contributed by atoms with van der Waals surface area (Å²) in [7, 11) is 0. The second-order valence-corrected chi connectivity index (χ2v) is 3.56. The van der Waals surface area contributed by atoms with Crippen LogP contribution in [0.2, 0.25) is 0 Å². The van der Waals surface area contributed by atoms with Crippen molar-refractivity contribution in [3.05, 3.63) is 36.0 Å². The van der Waals surface area contributed by atoms with Crippen LogP contribution < -0.4 is 11.1 Å². The minimum Gasteiger partial charge on any atom is -0.397 e. The molecule has 1 heterocycles. The van der Waals surface area contributed by atoms with E-state index in [1.54, 1.807) is 0 Å². The van der Waals surface area contributed by atoms with Crippen molar-refractivity contribution in [2.24, 2.45) is 0 Å². The molecule has 0 aliphatic carbocycles. The number of hydrogen-bond donors (Lipinski definition) is 2. The first-order valence-electron chi connectivity index (χ1n) is 5.11. The van der Waals surface area contributed by atoms with Gasteiger partial charge in [-0.25, -0.2) is 0 Å². The Morgan fingerprint density at radius 2 is 2.31 bits per heavy atom. The first kappa shape index (κ1) is 10.5. The van der Waals surface area contributed by atoms with E-state index in [0.29, 0.717) is 12.2 Å². The zero-order valence-electron chi connectivity index (χ0n) is 9.10. The van der Waals surface area contributed by atoms with Crippen LogP contribution in [0.1, 0.15) is 11.4 Å². The lowest BCUT2D eigenvalue weighted by Gasteiger charge is -2.09. The van der Waals surface area contributed by atoms with Gasteiger partial charge in [0.2, 0.25) is 6.39 Å². The van der Waals surface area contributed by atoms with Crippen LogP contribution in [-0.4, -0.2) is 16.7 Å². The number of nitrogens with zero attached hydrogens (tertiary/aromatic N) is 2. The fourth-order valence-electron chi connectivity index (χ4n) is 1.45. The van der Waals surface area contributed by atoms with Crippen molar-refractivity contribution in [2.45, 2.75) is 13.3 Å². The molecule has 0 aliphatic heterocycles. The highest BCUT2D eigenvalue weighted by atomic mass is 16.5. The molecule has 0 fully saturated rings. The number of anilines is 2. The van der Waals surface area contributed by atoms with Crippen molar-refractivity contribution in [1.82, 2.24) is 10.1 Å². The first-order chi connectivity index (χ1) is 7.77. The van der Waals surface area contributed by atoms with Gasteiger partial charge < -0.3 is 15.6 Å². The second-order valence-electron chi connectivity index (χ2n) is 3.56. The number of para-hydroxylation sites is 1. The van der Waals surface area contributed by atoms with Gasteiger partial charge in [-0.3, -0.25) is 0 Å². The van der Waals surface area contributed by atoms with E-state index in [4.69, 9.17) is 5.73 Å². The van der Waals surface area contributed by atoms with Crippen molar-refractivity contribution in [3.63, 3.8) is 0 Å². The highest BCUT2D eigenvalue weighted by Gasteiger charge is 2.02. The van der Waals surface area contributed by atoms with Gasteiger partial charge in [-0.05, 0) is 18.6 Å². The summed E-state index contributed by atoms with van der Waals surface area (Å²) in [5.74, 6) is 0.693. The normalized spacial score (nSPS) is 10.3. The molecule has 1 aromatic heterocycles. The summed E-state index contributed by atoms with van der Waals surface area (Å²) in [5, 5.41) is 6.98. The third-order valence-corrected chi connectivity index (χ3v) is 2.40. The van der Waals surface area contributed by atoms with E-state index in [2.05, 4.69) is 20.0 Å². The summed E-state index contributed by atoms with van der Waals surface area (Å²) < 4.78 is 4.65. The van der Waals surface area contributed by atoms with Gasteiger partial charge in [0.25, 0.3) is 0 Å². The van der Waals surface area contributed by atoms with Crippen LogP contribution in [0.15, 0.2) is 29.1 Å². The first-order valence-corrected chi connectivity index (χ1v) is 5.11. The van der Waals surface area contributed by atoms with E-state index >= 15 is 0 Å². The van der Waals surface area contributed by atoms with Gasteiger partial charge in [-0.1, -0.05) is 17.3 Å². The molecule has 0 spiro atoms. The molecule has 0 amide bonds. The van der Waals surface area contributed by atoms with Crippen LogP contribution in [0.25, 0.3) is 0 Å². The minimum atomic E-state index is 0.693. The number of benzene rings is 1. The van der Waals surface area contributed by atoms with Crippen LogP contribution in [0, 0.1) is 6.92 Å². The maximum absolute atomic E-state index is 5.93. The highest BCUT2D eigenvalue weighted by Crippen LogP contribution is 2.21. The maximum atomic E-state index is 5.93. The van der Waals surface area contributed by atoms with E-state index in [-0.39, 0.29) is 0 Å². The van der Waals surface area contributed by atoms with E-state index in [0.717, 1.165) is 23.5 Å². The quantitative estimate of drug-likeness (QED) is 0.762. The molecule has 0 aliphatic rings. The van der Waals surface area contributed by atoms with Gasteiger partial charge in [0.1, 0.15) is 0 Å². The molecule has 3 N–H and O–H groups in total. The highest BCUT2D eigenvalue weighted by molar-refractivity contribution is 5.69. The molecule has 5 heteroatoms. The third kappa shape index (κ3) is 2.31. The zero-order chi connectivity index (χ0) is 11.4. The molecular formula is C11H14N4O. The van der Waals surface area contributed by atoms with Gasteiger partial charge in [0.05, 0.1) is 11.4 Å². The van der Waals surface area contributed by atoms with Gasteiger partial charge in [0, 0.05) is 13.0 Å². The number of nitrogen functional groups attached to an aromatic ring is 1. The molecule has 1 aromatic carbocycles. The topological polar surface area (TPSA) is 77.0 Å². The Labute approximate surface area is 93.7 Å². The van der Waals surface area contributed by atoms with Gasteiger partial charge in [-0.15, -0.1) is 0 Å². The molecule has 0 saturated carbocycles. The Bertz CT molecular complexity index is 453. The van der Waals surface area contributed by atoms with E-state index in [1.165, 1.54) is 6.39 Å². The van der Waals surface area contributed by atoms with Crippen LogP contribution >= 0.6 is 0 Å². The number of rotatable bonds is 4. The molecular weight excluding hydrogens is 204 g/mol. The number of aromatic nitrogens is 2. The second kappa shape index (κ2) is 4.65. The van der Waals surface area contributed by atoms with Crippen molar-refractivity contribution in [3.8, 4) is 0 Å². The number of aryl methyl sites for hydroxylation is 1. The standard InChI is InChI=1S/C11H14N4O/c1-8-3-2-4-9(11(8)12)13-6-5-10-14-7-16-15-10/h2-4,7,13H,5-6,12H2,1H3. The molecule has 5 nitrogen and oxygen atoms in total. The average molecular weight is 218 g/mol. The van der Waals surface area contributed by atoms with Crippen LogP contribution in [0.4, 0.5) is 11.4 Å². The Morgan fingerprint density at radius 3 is 3.06 bits per heavy atom. The van der Waals surface area contributed by atoms with Crippen LogP contribution in [-0.2, 0) is 6.42 Å². The fourth-order valence-corrected chi connectivity index (χ4v) is 1.45. The Morgan fingerprint density at radius 1 is 1.44 bits per heavy atom. The summed E-state index contributed by atoms with van der Waals surface area (Å²) in [6.45, 7) is 2.72.